The van der Waals surface area contributed by atoms with Gasteiger partial charge in [0.1, 0.15) is 0 Å². The summed E-state index contributed by atoms with van der Waals surface area (Å²) < 4.78 is 0. The van der Waals surface area contributed by atoms with Crippen molar-refractivity contribution in [1.29, 1.82) is 0 Å². The first-order valence-corrected chi connectivity index (χ1v) is 9.41. The summed E-state index contributed by atoms with van der Waals surface area (Å²) >= 11 is 0. The second kappa shape index (κ2) is 7.97. The van der Waals surface area contributed by atoms with Gasteiger partial charge in [-0.2, -0.15) is 0 Å². The maximum absolute atomic E-state index is 3.81. The second-order valence-electron chi connectivity index (χ2n) is 8.75. The molecule has 2 nitrogen and oxygen atoms in total. The van der Waals surface area contributed by atoms with Gasteiger partial charge in [-0.3, -0.25) is 0 Å². The number of nitrogens with zero attached hydrogens (tertiary/aromatic N) is 1. The summed E-state index contributed by atoms with van der Waals surface area (Å²) in [5.41, 5.74) is 0.514. The third kappa shape index (κ3) is 5.90. The first-order valence-electron chi connectivity index (χ1n) is 9.41. The van der Waals surface area contributed by atoms with Crippen LogP contribution in [0.4, 0.5) is 0 Å². The maximum Gasteiger partial charge on any atom is 0.0166 e. The SMILES string of the molecule is CC(CN1CCCCC1)NCC1CCC(C(C)(C)C)CC1. The Morgan fingerprint density at radius 1 is 1.00 bits per heavy atom. The standard InChI is InChI=1S/C19H38N2/c1-16(15-21-12-6-5-7-13-21)20-14-17-8-10-18(11-9-17)19(2,3)4/h16-18,20H,5-15H2,1-4H3. The minimum atomic E-state index is 0.514. The summed E-state index contributed by atoms with van der Waals surface area (Å²) in [5, 5.41) is 3.81. The molecule has 1 heterocycles. The van der Waals surface area contributed by atoms with E-state index in [1.165, 1.54) is 71.1 Å². The van der Waals surface area contributed by atoms with Gasteiger partial charge < -0.3 is 10.2 Å². The average molecular weight is 295 g/mol. The Hall–Kier alpha value is -0.0800. The number of rotatable bonds is 5. The van der Waals surface area contributed by atoms with Crippen molar-refractivity contribution < 1.29 is 0 Å². The molecule has 0 aromatic heterocycles. The van der Waals surface area contributed by atoms with Crippen molar-refractivity contribution >= 4 is 0 Å². The van der Waals surface area contributed by atoms with Crippen LogP contribution < -0.4 is 5.32 Å². The molecule has 0 amide bonds. The van der Waals surface area contributed by atoms with Crippen molar-refractivity contribution in [3.8, 4) is 0 Å². The summed E-state index contributed by atoms with van der Waals surface area (Å²) in [6, 6.07) is 0.656. The predicted octanol–water partition coefficient (Wildman–Crippen LogP) is 4.30. The normalized spacial score (nSPS) is 30.3. The van der Waals surface area contributed by atoms with Gasteiger partial charge in [-0.1, -0.05) is 27.2 Å². The monoisotopic (exact) mass is 294 g/mol. The molecule has 2 fully saturated rings. The smallest absolute Gasteiger partial charge is 0.0166 e. The third-order valence-corrected chi connectivity index (χ3v) is 5.81. The quantitative estimate of drug-likeness (QED) is 0.813. The Kier molecular flexibility index (Phi) is 6.55. The lowest BCUT2D eigenvalue weighted by atomic mass is 9.70. The molecule has 2 heteroatoms. The van der Waals surface area contributed by atoms with Gasteiger partial charge in [0, 0.05) is 12.6 Å². The highest BCUT2D eigenvalue weighted by molar-refractivity contribution is 4.82. The van der Waals surface area contributed by atoms with Crippen LogP contribution >= 0.6 is 0 Å². The Bertz CT molecular complexity index is 280. The van der Waals surface area contributed by atoms with E-state index in [4.69, 9.17) is 0 Å². The van der Waals surface area contributed by atoms with Crippen LogP contribution in [0.3, 0.4) is 0 Å². The van der Waals surface area contributed by atoms with Gasteiger partial charge in [0.25, 0.3) is 0 Å². The highest BCUT2D eigenvalue weighted by atomic mass is 15.1. The molecule has 0 spiro atoms. The Balaban J connectivity index is 1.60. The Morgan fingerprint density at radius 2 is 1.62 bits per heavy atom. The fraction of sp³-hybridized carbons (Fsp3) is 1.00. The molecule has 1 aliphatic carbocycles. The highest BCUT2D eigenvalue weighted by Crippen LogP contribution is 2.39. The Labute approximate surface area is 133 Å². The average Bonchev–Trinajstić information content (AvgIpc) is 2.46. The van der Waals surface area contributed by atoms with Gasteiger partial charge in [0.15, 0.2) is 0 Å². The molecule has 2 aliphatic rings. The van der Waals surface area contributed by atoms with E-state index in [0.717, 1.165) is 11.8 Å². The van der Waals surface area contributed by atoms with Crippen molar-refractivity contribution in [3.05, 3.63) is 0 Å². The minimum absolute atomic E-state index is 0.514. The van der Waals surface area contributed by atoms with E-state index >= 15 is 0 Å². The van der Waals surface area contributed by atoms with Crippen LogP contribution in [0, 0.1) is 17.3 Å². The fourth-order valence-electron chi connectivity index (χ4n) is 4.19. The van der Waals surface area contributed by atoms with Crippen molar-refractivity contribution in [3.63, 3.8) is 0 Å². The van der Waals surface area contributed by atoms with Gasteiger partial charge in [-0.25, -0.2) is 0 Å². The molecule has 21 heavy (non-hydrogen) atoms. The number of piperidine rings is 1. The summed E-state index contributed by atoms with van der Waals surface area (Å²) in [6.45, 7) is 14.7. The summed E-state index contributed by atoms with van der Waals surface area (Å²) in [5.74, 6) is 1.87. The van der Waals surface area contributed by atoms with Gasteiger partial charge in [0.2, 0.25) is 0 Å². The van der Waals surface area contributed by atoms with Crippen LogP contribution in [0.1, 0.15) is 72.6 Å². The van der Waals surface area contributed by atoms with E-state index in [-0.39, 0.29) is 0 Å². The zero-order valence-corrected chi connectivity index (χ0v) is 15.0. The van der Waals surface area contributed by atoms with Crippen LogP contribution in [0.2, 0.25) is 0 Å². The van der Waals surface area contributed by atoms with E-state index < -0.39 is 0 Å². The molecule has 0 radical (unpaired) electrons. The summed E-state index contributed by atoms with van der Waals surface area (Å²) in [7, 11) is 0. The van der Waals surface area contributed by atoms with Crippen LogP contribution in [0.15, 0.2) is 0 Å². The number of nitrogens with one attached hydrogen (secondary N) is 1. The fourth-order valence-corrected chi connectivity index (χ4v) is 4.19. The largest absolute Gasteiger partial charge is 0.313 e. The maximum atomic E-state index is 3.81. The number of hydrogen-bond acceptors (Lipinski definition) is 2. The van der Waals surface area contributed by atoms with Crippen molar-refractivity contribution in [2.24, 2.45) is 17.3 Å². The molecule has 1 N–H and O–H groups in total. The van der Waals surface area contributed by atoms with E-state index in [2.05, 4.69) is 37.9 Å². The third-order valence-electron chi connectivity index (χ3n) is 5.81. The van der Waals surface area contributed by atoms with Gasteiger partial charge >= 0.3 is 0 Å². The first-order chi connectivity index (χ1) is 9.95. The van der Waals surface area contributed by atoms with Crippen molar-refractivity contribution in [1.82, 2.24) is 10.2 Å². The molecule has 0 aromatic carbocycles. The predicted molar refractivity (Wildman–Crippen MR) is 92.7 cm³/mol. The molecule has 1 unspecified atom stereocenters. The minimum Gasteiger partial charge on any atom is -0.313 e. The van der Waals surface area contributed by atoms with E-state index in [9.17, 15) is 0 Å². The number of hydrogen-bond donors (Lipinski definition) is 1. The molecule has 124 valence electrons. The van der Waals surface area contributed by atoms with Crippen LogP contribution in [-0.2, 0) is 0 Å². The number of likely N-dealkylation sites (tertiary alicyclic amines) is 1. The van der Waals surface area contributed by atoms with E-state index in [1.807, 2.05) is 0 Å². The summed E-state index contributed by atoms with van der Waals surface area (Å²) in [4.78, 5) is 2.65. The van der Waals surface area contributed by atoms with Gasteiger partial charge in [0.05, 0.1) is 0 Å². The summed E-state index contributed by atoms with van der Waals surface area (Å²) in [6.07, 6.45) is 10.0. The molecule has 1 saturated heterocycles. The first kappa shape index (κ1) is 17.3. The lowest BCUT2D eigenvalue weighted by Gasteiger charge is -2.37. The molecule has 1 atom stereocenters. The van der Waals surface area contributed by atoms with Gasteiger partial charge in [-0.15, -0.1) is 0 Å². The van der Waals surface area contributed by atoms with Crippen LogP contribution in [0.25, 0.3) is 0 Å². The van der Waals surface area contributed by atoms with Crippen LogP contribution in [0.5, 0.6) is 0 Å². The molecule has 1 saturated carbocycles. The Morgan fingerprint density at radius 3 is 2.19 bits per heavy atom. The molecule has 2 rings (SSSR count). The topological polar surface area (TPSA) is 15.3 Å². The van der Waals surface area contributed by atoms with Crippen LogP contribution in [-0.4, -0.2) is 37.1 Å². The zero-order valence-electron chi connectivity index (χ0n) is 15.0. The highest BCUT2D eigenvalue weighted by Gasteiger charge is 2.29. The van der Waals surface area contributed by atoms with Gasteiger partial charge in [-0.05, 0) is 82.3 Å². The van der Waals surface area contributed by atoms with Crippen molar-refractivity contribution in [2.75, 3.05) is 26.2 Å². The van der Waals surface area contributed by atoms with E-state index in [0.29, 0.717) is 11.5 Å². The van der Waals surface area contributed by atoms with Crippen molar-refractivity contribution in [2.45, 2.75) is 78.7 Å². The second-order valence-corrected chi connectivity index (χ2v) is 8.75. The van der Waals surface area contributed by atoms with E-state index in [1.54, 1.807) is 0 Å². The molecular weight excluding hydrogens is 256 g/mol. The lowest BCUT2D eigenvalue weighted by Crippen LogP contribution is -2.43. The molecule has 0 aromatic rings. The zero-order chi connectivity index (χ0) is 15.3. The molecule has 1 aliphatic heterocycles. The molecular formula is C19H38N2. The lowest BCUT2D eigenvalue weighted by molar-refractivity contribution is 0.145. The molecule has 0 bridgehead atoms.